The number of hydrogen-bond donors (Lipinski definition) is 0. The lowest BCUT2D eigenvalue weighted by atomic mass is 10.1. The van der Waals surface area contributed by atoms with E-state index in [1.165, 1.54) is 5.56 Å². The molecule has 3 heterocycles. The van der Waals surface area contributed by atoms with Crippen molar-refractivity contribution in [3.05, 3.63) is 91.3 Å². The zero-order chi connectivity index (χ0) is 18.1. The molecule has 0 radical (unpaired) electrons. The minimum atomic E-state index is 0.0109. The zero-order valence-corrected chi connectivity index (χ0v) is 16.2. The molecular formula is C19H16BrClN4O. The van der Waals surface area contributed by atoms with E-state index in [1.807, 2.05) is 12.3 Å². The number of nitrogens with zero attached hydrogens (tertiary/aromatic N) is 4. The Morgan fingerprint density at radius 2 is 1.73 bits per heavy atom. The lowest BCUT2D eigenvalue weighted by Crippen LogP contribution is -2.18. The summed E-state index contributed by atoms with van der Waals surface area (Å²) < 4.78 is 2.48. The van der Waals surface area contributed by atoms with Crippen LogP contribution in [0.2, 0.25) is 5.28 Å². The van der Waals surface area contributed by atoms with E-state index in [0.717, 1.165) is 41.1 Å². The monoisotopic (exact) mass is 430 g/mol. The Balaban J connectivity index is 1.43. The second kappa shape index (κ2) is 7.31. The van der Waals surface area contributed by atoms with Gasteiger partial charge in [0, 0.05) is 37.5 Å². The SMILES string of the molecule is O=c1ccccn1Cc1ccc(CN2Cc3nc(Cl)nc(Br)c3C2)cc1. The van der Waals surface area contributed by atoms with Crippen LogP contribution in [-0.2, 0) is 26.2 Å². The van der Waals surface area contributed by atoms with Gasteiger partial charge >= 0.3 is 0 Å². The van der Waals surface area contributed by atoms with Gasteiger partial charge in [-0.3, -0.25) is 9.69 Å². The van der Waals surface area contributed by atoms with Gasteiger partial charge in [0.15, 0.2) is 0 Å². The molecule has 0 saturated heterocycles. The molecule has 0 saturated carbocycles. The third-order valence-electron chi connectivity index (χ3n) is 4.45. The van der Waals surface area contributed by atoms with Crippen LogP contribution in [0.4, 0.5) is 0 Å². The summed E-state index contributed by atoms with van der Waals surface area (Å²) in [4.78, 5) is 22.6. The normalized spacial score (nSPS) is 13.8. The number of rotatable bonds is 4. The van der Waals surface area contributed by atoms with Crippen molar-refractivity contribution >= 4 is 27.5 Å². The number of fused-ring (bicyclic) bond motifs is 1. The molecule has 1 aliphatic heterocycles. The van der Waals surface area contributed by atoms with E-state index in [9.17, 15) is 4.79 Å². The smallest absolute Gasteiger partial charge is 0.250 e. The second-order valence-electron chi connectivity index (χ2n) is 6.34. The van der Waals surface area contributed by atoms with E-state index >= 15 is 0 Å². The molecule has 0 atom stereocenters. The molecule has 0 spiro atoms. The van der Waals surface area contributed by atoms with Gasteiger partial charge in [0.05, 0.1) is 12.2 Å². The van der Waals surface area contributed by atoms with Gasteiger partial charge in [-0.2, -0.15) is 0 Å². The van der Waals surface area contributed by atoms with Crippen molar-refractivity contribution in [2.24, 2.45) is 0 Å². The molecule has 0 amide bonds. The van der Waals surface area contributed by atoms with Crippen LogP contribution in [0.5, 0.6) is 0 Å². The third kappa shape index (κ3) is 3.72. The van der Waals surface area contributed by atoms with Crippen LogP contribution in [-0.4, -0.2) is 19.4 Å². The molecule has 0 aliphatic carbocycles. The molecule has 1 aromatic carbocycles. The van der Waals surface area contributed by atoms with Crippen LogP contribution in [0, 0.1) is 0 Å². The maximum atomic E-state index is 11.8. The van der Waals surface area contributed by atoms with Gasteiger partial charge in [-0.15, -0.1) is 0 Å². The number of aromatic nitrogens is 3. The largest absolute Gasteiger partial charge is 0.311 e. The Bertz CT molecular complexity index is 1000. The fraction of sp³-hybridized carbons (Fsp3) is 0.211. The lowest BCUT2D eigenvalue weighted by molar-refractivity contribution is 0.273. The van der Waals surface area contributed by atoms with E-state index in [-0.39, 0.29) is 10.8 Å². The molecule has 3 aromatic rings. The summed E-state index contributed by atoms with van der Waals surface area (Å²) in [7, 11) is 0. The summed E-state index contributed by atoms with van der Waals surface area (Å²) in [5.74, 6) is 0. The van der Waals surface area contributed by atoms with Crippen LogP contribution in [0.25, 0.3) is 0 Å². The van der Waals surface area contributed by atoms with E-state index in [0.29, 0.717) is 6.54 Å². The molecule has 2 aromatic heterocycles. The highest BCUT2D eigenvalue weighted by molar-refractivity contribution is 9.10. The van der Waals surface area contributed by atoms with Gasteiger partial charge in [0.25, 0.3) is 5.56 Å². The van der Waals surface area contributed by atoms with E-state index < -0.39 is 0 Å². The lowest BCUT2D eigenvalue weighted by Gasteiger charge is -2.15. The van der Waals surface area contributed by atoms with Crippen molar-refractivity contribution in [1.29, 1.82) is 0 Å². The Labute approximate surface area is 164 Å². The van der Waals surface area contributed by atoms with E-state index in [2.05, 4.69) is 55.1 Å². The average Bonchev–Trinajstić information content (AvgIpc) is 3.01. The van der Waals surface area contributed by atoms with Crippen LogP contribution in [0.15, 0.2) is 58.1 Å². The van der Waals surface area contributed by atoms with Crippen molar-refractivity contribution < 1.29 is 0 Å². The van der Waals surface area contributed by atoms with Crippen molar-refractivity contribution in [1.82, 2.24) is 19.4 Å². The van der Waals surface area contributed by atoms with Crippen LogP contribution >= 0.6 is 27.5 Å². The summed E-state index contributed by atoms with van der Waals surface area (Å²) >= 11 is 9.40. The van der Waals surface area contributed by atoms with Crippen molar-refractivity contribution in [2.45, 2.75) is 26.2 Å². The standard InChI is InChI=1S/C19H16BrClN4O/c20-18-15-11-24(12-16(15)22-19(21)23-18)9-13-4-6-14(7-5-13)10-25-8-2-1-3-17(25)26/h1-8H,9-12H2. The summed E-state index contributed by atoms with van der Waals surface area (Å²) in [6, 6.07) is 13.6. The first-order valence-electron chi connectivity index (χ1n) is 8.25. The van der Waals surface area contributed by atoms with E-state index in [4.69, 9.17) is 11.6 Å². The van der Waals surface area contributed by atoms with Crippen molar-refractivity contribution in [2.75, 3.05) is 0 Å². The Morgan fingerprint density at radius 3 is 2.46 bits per heavy atom. The van der Waals surface area contributed by atoms with Crippen LogP contribution in [0.1, 0.15) is 22.4 Å². The molecule has 0 N–H and O–H groups in total. The molecule has 132 valence electrons. The molecular weight excluding hydrogens is 416 g/mol. The fourth-order valence-corrected chi connectivity index (χ4v) is 3.97. The highest BCUT2D eigenvalue weighted by Crippen LogP contribution is 2.29. The Morgan fingerprint density at radius 1 is 1.00 bits per heavy atom. The van der Waals surface area contributed by atoms with Gasteiger partial charge in [-0.25, -0.2) is 9.97 Å². The maximum Gasteiger partial charge on any atom is 0.250 e. The topological polar surface area (TPSA) is 51.0 Å². The Kier molecular flexibility index (Phi) is 4.89. The highest BCUT2D eigenvalue weighted by atomic mass is 79.9. The molecule has 0 unspecified atom stereocenters. The third-order valence-corrected chi connectivity index (χ3v) is 5.28. The Hall–Kier alpha value is -2.02. The number of pyridine rings is 1. The summed E-state index contributed by atoms with van der Waals surface area (Å²) in [5.41, 5.74) is 4.42. The van der Waals surface area contributed by atoms with Crippen LogP contribution < -0.4 is 5.56 Å². The summed E-state index contributed by atoms with van der Waals surface area (Å²) in [6.07, 6.45) is 1.81. The van der Waals surface area contributed by atoms with Gasteiger partial charge in [0.2, 0.25) is 5.28 Å². The molecule has 0 bridgehead atoms. The van der Waals surface area contributed by atoms with Crippen LogP contribution in [0.3, 0.4) is 0 Å². The number of benzene rings is 1. The minimum absolute atomic E-state index is 0.0109. The second-order valence-corrected chi connectivity index (χ2v) is 7.43. The molecule has 0 fully saturated rings. The van der Waals surface area contributed by atoms with Gasteiger partial charge < -0.3 is 4.57 Å². The molecule has 4 rings (SSSR count). The first kappa shape index (κ1) is 17.4. The first-order chi connectivity index (χ1) is 12.6. The quantitative estimate of drug-likeness (QED) is 0.468. The zero-order valence-electron chi connectivity index (χ0n) is 13.9. The first-order valence-corrected chi connectivity index (χ1v) is 9.42. The van der Waals surface area contributed by atoms with Gasteiger partial charge in [-0.1, -0.05) is 30.3 Å². The molecule has 26 heavy (non-hydrogen) atoms. The average molecular weight is 432 g/mol. The van der Waals surface area contributed by atoms with Gasteiger partial charge in [-0.05, 0) is 44.7 Å². The van der Waals surface area contributed by atoms with E-state index in [1.54, 1.807) is 16.7 Å². The molecule has 1 aliphatic rings. The summed E-state index contributed by atoms with van der Waals surface area (Å²) in [5, 5.41) is 0.276. The highest BCUT2D eigenvalue weighted by Gasteiger charge is 2.24. The minimum Gasteiger partial charge on any atom is -0.311 e. The van der Waals surface area contributed by atoms with Crippen molar-refractivity contribution in [3.8, 4) is 0 Å². The maximum absolute atomic E-state index is 11.8. The number of halogens is 2. The molecule has 5 nitrogen and oxygen atoms in total. The predicted octanol–water partition coefficient (Wildman–Crippen LogP) is 3.62. The molecule has 7 heteroatoms. The predicted molar refractivity (Wildman–Crippen MR) is 104 cm³/mol. The van der Waals surface area contributed by atoms with Gasteiger partial charge in [0.1, 0.15) is 4.60 Å². The summed E-state index contributed by atoms with van der Waals surface area (Å²) in [6.45, 7) is 2.97. The van der Waals surface area contributed by atoms with Crippen molar-refractivity contribution in [3.63, 3.8) is 0 Å². The fourth-order valence-electron chi connectivity index (χ4n) is 3.16. The number of hydrogen-bond acceptors (Lipinski definition) is 4.